The van der Waals surface area contributed by atoms with Crippen LogP contribution in [0.4, 0.5) is 5.69 Å². The Bertz CT molecular complexity index is 1440. The maximum Gasteiger partial charge on any atom is 0.264 e. The number of hydrogen-bond donors (Lipinski definition) is 1. The van der Waals surface area contributed by atoms with Crippen LogP contribution in [0.25, 0.3) is 0 Å². The Morgan fingerprint density at radius 2 is 1.53 bits per heavy atom. The maximum atomic E-state index is 14.2. The van der Waals surface area contributed by atoms with Crippen molar-refractivity contribution in [2.45, 2.75) is 69.5 Å². The first-order valence-corrected chi connectivity index (χ1v) is 16.2. The zero-order valence-electron chi connectivity index (χ0n) is 25.1. The summed E-state index contributed by atoms with van der Waals surface area (Å²) in [5.41, 5.74) is 1.10. The third kappa shape index (κ3) is 8.07. The average Bonchev–Trinajstić information content (AvgIpc) is 3.54. The Hall–Kier alpha value is -4.05. The molecule has 0 spiro atoms. The molecule has 3 aromatic carbocycles. The molecule has 4 rings (SSSR count). The number of carbonyl (C=O) groups is 2. The highest BCUT2D eigenvalue weighted by Gasteiger charge is 2.34. The van der Waals surface area contributed by atoms with Crippen LogP contribution in [0.15, 0.2) is 83.8 Å². The minimum atomic E-state index is -4.13. The molecule has 2 amide bonds. The normalized spacial score (nSPS) is 14.1. The van der Waals surface area contributed by atoms with Gasteiger partial charge in [-0.25, -0.2) is 8.42 Å². The van der Waals surface area contributed by atoms with E-state index in [4.69, 9.17) is 9.47 Å². The molecular formula is C33H41N3O6S. The number of rotatable bonds is 14. The van der Waals surface area contributed by atoms with Gasteiger partial charge >= 0.3 is 0 Å². The van der Waals surface area contributed by atoms with Crippen LogP contribution < -0.4 is 19.1 Å². The molecule has 1 unspecified atom stereocenters. The Labute approximate surface area is 254 Å². The van der Waals surface area contributed by atoms with Crippen LogP contribution in [0, 0.1) is 0 Å². The molecule has 0 bridgehead atoms. The van der Waals surface area contributed by atoms with Gasteiger partial charge in [-0.15, -0.1) is 0 Å². The molecule has 1 saturated carbocycles. The van der Waals surface area contributed by atoms with Crippen molar-refractivity contribution in [3.63, 3.8) is 0 Å². The summed E-state index contributed by atoms with van der Waals surface area (Å²) in [6, 6.07) is 21.2. The molecule has 1 aliphatic carbocycles. The maximum absolute atomic E-state index is 14.2. The topological polar surface area (TPSA) is 105 Å². The van der Waals surface area contributed by atoms with E-state index in [-0.39, 0.29) is 23.4 Å². The number of carbonyl (C=O) groups excluding carboxylic acids is 2. The predicted molar refractivity (Wildman–Crippen MR) is 167 cm³/mol. The number of sulfonamides is 1. The van der Waals surface area contributed by atoms with E-state index < -0.39 is 28.5 Å². The molecule has 1 aliphatic rings. The molecule has 9 nitrogen and oxygen atoms in total. The monoisotopic (exact) mass is 607 g/mol. The van der Waals surface area contributed by atoms with Crippen LogP contribution in [-0.2, 0) is 26.2 Å². The van der Waals surface area contributed by atoms with E-state index in [0.717, 1.165) is 35.6 Å². The van der Waals surface area contributed by atoms with E-state index >= 15 is 0 Å². The minimum Gasteiger partial charge on any atom is -0.497 e. The molecule has 10 heteroatoms. The minimum absolute atomic E-state index is 0.0596. The van der Waals surface area contributed by atoms with Crippen LogP contribution >= 0.6 is 0 Å². The molecule has 0 aromatic heterocycles. The van der Waals surface area contributed by atoms with Crippen LogP contribution in [-0.4, -0.2) is 57.5 Å². The van der Waals surface area contributed by atoms with Crippen molar-refractivity contribution in [1.82, 2.24) is 10.2 Å². The first-order chi connectivity index (χ1) is 20.8. The third-order valence-corrected chi connectivity index (χ3v) is 9.43. The van der Waals surface area contributed by atoms with Gasteiger partial charge in [-0.1, -0.05) is 50.1 Å². The second-order valence-corrected chi connectivity index (χ2v) is 12.4. The van der Waals surface area contributed by atoms with E-state index in [9.17, 15) is 18.0 Å². The lowest BCUT2D eigenvalue weighted by Crippen LogP contribution is -2.53. The van der Waals surface area contributed by atoms with Gasteiger partial charge < -0.3 is 19.7 Å². The zero-order chi connectivity index (χ0) is 30.8. The molecule has 0 radical (unpaired) electrons. The number of anilines is 1. The first kappa shape index (κ1) is 31.9. The van der Waals surface area contributed by atoms with E-state index in [2.05, 4.69) is 5.32 Å². The van der Waals surface area contributed by atoms with Crippen molar-refractivity contribution >= 4 is 27.5 Å². The molecular weight excluding hydrogens is 566 g/mol. The van der Waals surface area contributed by atoms with Gasteiger partial charge in [0.1, 0.15) is 24.1 Å². The lowest BCUT2D eigenvalue weighted by molar-refractivity contribution is -0.140. The van der Waals surface area contributed by atoms with Gasteiger partial charge in [0, 0.05) is 12.6 Å². The lowest BCUT2D eigenvalue weighted by Gasteiger charge is -2.33. The van der Waals surface area contributed by atoms with Crippen molar-refractivity contribution in [1.29, 1.82) is 0 Å². The Morgan fingerprint density at radius 1 is 0.907 bits per heavy atom. The summed E-state index contributed by atoms with van der Waals surface area (Å²) >= 11 is 0. The van der Waals surface area contributed by atoms with E-state index in [1.165, 1.54) is 17.0 Å². The molecule has 1 atom stereocenters. The first-order valence-electron chi connectivity index (χ1n) is 14.8. The number of ether oxygens (including phenoxy) is 2. The van der Waals surface area contributed by atoms with Gasteiger partial charge in [0.2, 0.25) is 11.8 Å². The average molecular weight is 608 g/mol. The molecule has 0 aliphatic heterocycles. The zero-order valence-corrected chi connectivity index (χ0v) is 25.9. The van der Waals surface area contributed by atoms with Crippen LogP contribution in [0.3, 0.4) is 0 Å². The van der Waals surface area contributed by atoms with Gasteiger partial charge in [-0.3, -0.25) is 13.9 Å². The van der Waals surface area contributed by atoms with Gasteiger partial charge in [-0.05, 0) is 80.3 Å². The third-order valence-electron chi connectivity index (χ3n) is 7.65. The smallest absolute Gasteiger partial charge is 0.264 e. The Morgan fingerprint density at radius 3 is 2.12 bits per heavy atom. The standard InChI is InChI=1S/C33H41N3O6S/c1-4-31(33(38)34-26-11-9-10-12-26)35(23-25-15-19-28(41-3)20-16-25)32(37)24-36(27-17-21-29(22-18-27)42-5-2)43(39,40)30-13-7-6-8-14-30/h6-8,13-22,26,31H,4-5,9-12,23-24H2,1-3H3,(H,34,38). The number of benzene rings is 3. The van der Waals surface area contributed by atoms with Crippen molar-refractivity contribution < 1.29 is 27.5 Å². The van der Waals surface area contributed by atoms with E-state index in [1.54, 1.807) is 61.7 Å². The van der Waals surface area contributed by atoms with Crippen LogP contribution in [0.5, 0.6) is 11.5 Å². The summed E-state index contributed by atoms with van der Waals surface area (Å²) in [5.74, 6) is 0.543. The summed E-state index contributed by atoms with van der Waals surface area (Å²) in [6.07, 6.45) is 4.31. The summed E-state index contributed by atoms with van der Waals surface area (Å²) in [4.78, 5) is 29.4. The molecule has 43 heavy (non-hydrogen) atoms. The number of nitrogens with one attached hydrogen (secondary N) is 1. The molecule has 0 heterocycles. The Kier molecular flexibility index (Phi) is 11.1. The molecule has 3 aromatic rings. The quantitative estimate of drug-likeness (QED) is 0.272. The largest absolute Gasteiger partial charge is 0.497 e. The number of methoxy groups -OCH3 is 1. The summed E-state index contributed by atoms with van der Waals surface area (Å²) < 4.78 is 39.9. The van der Waals surface area contributed by atoms with Crippen LogP contribution in [0.2, 0.25) is 0 Å². The van der Waals surface area contributed by atoms with Gasteiger partial charge in [0.25, 0.3) is 10.0 Å². The molecule has 1 N–H and O–H groups in total. The van der Waals surface area contributed by atoms with Crippen LogP contribution in [0.1, 0.15) is 51.5 Å². The number of hydrogen-bond acceptors (Lipinski definition) is 6. The SMILES string of the molecule is CCOc1ccc(N(CC(=O)N(Cc2ccc(OC)cc2)C(CC)C(=O)NC2CCCC2)S(=O)(=O)c2ccccc2)cc1. The predicted octanol–water partition coefficient (Wildman–Crippen LogP) is 5.16. The highest BCUT2D eigenvalue weighted by atomic mass is 32.2. The van der Waals surface area contributed by atoms with Crippen molar-refractivity contribution in [3.8, 4) is 11.5 Å². The number of amides is 2. The fourth-order valence-electron chi connectivity index (χ4n) is 5.34. The Balaban J connectivity index is 1.70. The highest BCUT2D eigenvalue weighted by Crippen LogP contribution is 2.27. The van der Waals surface area contributed by atoms with Gasteiger partial charge in [0.05, 0.1) is 24.3 Å². The van der Waals surface area contributed by atoms with Crippen molar-refractivity contribution in [2.75, 3.05) is 24.6 Å². The highest BCUT2D eigenvalue weighted by molar-refractivity contribution is 7.92. The molecule has 0 saturated heterocycles. The van der Waals surface area contributed by atoms with Crippen molar-refractivity contribution in [3.05, 3.63) is 84.4 Å². The molecule has 230 valence electrons. The fourth-order valence-corrected chi connectivity index (χ4v) is 6.77. The fraction of sp³-hybridized carbons (Fsp3) is 0.394. The second-order valence-electron chi connectivity index (χ2n) is 10.5. The molecule has 1 fully saturated rings. The van der Waals surface area contributed by atoms with E-state index in [0.29, 0.717) is 30.2 Å². The van der Waals surface area contributed by atoms with Gasteiger partial charge in [0.15, 0.2) is 0 Å². The van der Waals surface area contributed by atoms with Crippen molar-refractivity contribution in [2.24, 2.45) is 0 Å². The second kappa shape index (κ2) is 14.9. The summed E-state index contributed by atoms with van der Waals surface area (Å²) in [6.45, 7) is 3.82. The summed E-state index contributed by atoms with van der Waals surface area (Å²) in [5, 5.41) is 3.13. The van der Waals surface area contributed by atoms with E-state index in [1.807, 2.05) is 26.0 Å². The lowest BCUT2D eigenvalue weighted by atomic mass is 10.1. The summed E-state index contributed by atoms with van der Waals surface area (Å²) in [7, 11) is -2.56. The van der Waals surface area contributed by atoms with Gasteiger partial charge in [-0.2, -0.15) is 0 Å². The number of nitrogens with zero attached hydrogens (tertiary/aromatic N) is 2.